The highest BCUT2D eigenvalue weighted by Gasteiger charge is 2.30. The summed E-state index contributed by atoms with van der Waals surface area (Å²) < 4.78 is 41.3. The Morgan fingerprint density at radius 3 is 2.13 bits per heavy atom. The lowest BCUT2D eigenvalue weighted by atomic mass is 10.1. The number of halogens is 1. The number of hydrogen-bond donors (Lipinski definition) is 0. The van der Waals surface area contributed by atoms with Gasteiger partial charge in [-0.15, -0.1) is 0 Å². The van der Waals surface area contributed by atoms with Crippen LogP contribution in [0.25, 0.3) is 0 Å². The number of aromatic nitrogens is 1. The molecule has 9 heteroatoms. The number of benzene rings is 1. The number of hydrogen-bond acceptors (Lipinski definition) is 5. The van der Waals surface area contributed by atoms with Crippen LogP contribution in [0.5, 0.6) is 0 Å². The van der Waals surface area contributed by atoms with Gasteiger partial charge in [-0.2, -0.15) is 4.31 Å². The van der Waals surface area contributed by atoms with Crippen LogP contribution >= 0.6 is 0 Å². The van der Waals surface area contributed by atoms with Crippen LogP contribution in [0.1, 0.15) is 38.1 Å². The summed E-state index contributed by atoms with van der Waals surface area (Å²) in [5.74, 6) is -0.197. The third-order valence-corrected chi connectivity index (χ3v) is 7.54. The van der Waals surface area contributed by atoms with Crippen LogP contribution in [0.2, 0.25) is 0 Å². The smallest absolute Gasteiger partial charge is 0.256 e. The SMILES string of the molecule is CC(C)N(C(C)C)S(=O)(=O)c1ccc(N2CCN(C(=O)c3ccccc3F)CC2)nc1. The molecule has 2 aromatic rings. The fourth-order valence-corrected chi connectivity index (χ4v) is 5.71. The summed E-state index contributed by atoms with van der Waals surface area (Å²) in [6.45, 7) is 9.32. The van der Waals surface area contributed by atoms with Crippen molar-refractivity contribution >= 4 is 21.7 Å². The van der Waals surface area contributed by atoms with Gasteiger partial charge in [-0.05, 0) is 52.0 Å². The third-order valence-electron chi connectivity index (χ3n) is 5.31. The molecule has 1 aliphatic heterocycles. The number of carbonyl (C=O) groups excluding carboxylic acids is 1. The second kappa shape index (κ2) is 9.32. The van der Waals surface area contributed by atoms with Gasteiger partial charge in [0, 0.05) is 44.5 Å². The van der Waals surface area contributed by atoms with Gasteiger partial charge in [0.1, 0.15) is 16.5 Å². The van der Waals surface area contributed by atoms with Crippen molar-refractivity contribution in [3.8, 4) is 0 Å². The first-order valence-electron chi connectivity index (χ1n) is 10.4. The molecule has 1 saturated heterocycles. The summed E-state index contributed by atoms with van der Waals surface area (Å²) in [5.41, 5.74) is 0.0727. The van der Waals surface area contributed by atoms with Gasteiger partial charge in [0.05, 0.1) is 5.56 Å². The summed E-state index contributed by atoms with van der Waals surface area (Å²) >= 11 is 0. The minimum atomic E-state index is -3.64. The number of anilines is 1. The monoisotopic (exact) mass is 448 g/mol. The molecule has 7 nitrogen and oxygen atoms in total. The molecule has 0 spiro atoms. The summed E-state index contributed by atoms with van der Waals surface area (Å²) in [6, 6.07) is 8.92. The lowest BCUT2D eigenvalue weighted by Gasteiger charge is -2.35. The highest BCUT2D eigenvalue weighted by Crippen LogP contribution is 2.23. The van der Waals surface area contributed by atoms with Crippen LogP contribution in [0.15, 0.2) is 47.5 Å². The maximum Gasteiger partial charge on any atom is 0.256 e. The lowest BCUT2D eigenvalue weighted by molar-refractivity contribution is 0.0741. The molecular weight excluding hydrogens is 419 g/mol. The minimum absolute atomic E-state index is 0.0727. The maximum atomic E-state index is 13.9. The van der Waals surface area contributed by atoms with Crippen LogP contribution < -0.4 is 4.90 Å². The van der Waals surface area contributed by atoms with Crippen molar-refractivity contribution in [3.63, 3.8) is 0 Å². The van der Waals surface area contributed by atoms with E-state index in [4.69, 9.17) is 0 Å². The summed E-state index contributed by atoms with van der Waals surface area (Å²) in [5, 5.41) is 0. The molecule has 1 aromatic heterocycles. The molecule has 1 aromatic carbocycles. The summed E-state index contributed by atoms with van der Waals surface area (Å²) in [6.07, 6.45) is 1.39. The minimum Gasteiger partial charge on any atom is -0.353 e. The van der Waals surface area contributed by atoms with Crippen molar-refractivity contribution < 1.29 is 17.6 Å². The number of carbonyl (C=O) groups is 1. The molecule has 0 bridgehead atoms. The van der Waals surface area contributed by atoms with Gasteiger partial charge < -0.3 is 9.80 Å². The Balaban J connectivity index is 1.68. The van der Waals surface area contributed by atoms with Crippen molar-refractivity contribution in [1.82, 2.24) is 14.2 Å². The van der Waals surface area contributed by atoms with Crippen molar-refractivity contribution in [2.75, 3.05) is 31.1 Å². The molecule has 0 radical (unpaired) electrons. The van der Waals surface area contributed by atoms with Crippen molar-refractivity contribution in [3.05, 3.63) is 54.0 Å². The van der Waals surface area contributed by atoms with Crippen LogP contribution in [0.3, 0.4) is 0 Å². The third kappa shape index (κ3) is 4.88. The summed E-state index contributed by atoms with van der Waals surface area (Å²) in [4.78, 5) is 20.7. The lowest BCUT2D eigenvalue weighted by Crippen LogP contribution is -2.49. The van der Waals surface area contributed by atoms with Crippen LogP contribution in [-0.2, 0) is 10.0 Å². The Bertz CT molecular complexity index is 1010. The first kappa shape index (κ1) is 23.1. The van der Waals surface area contributed by atoms with Gasteiger partial charge in [0.2, 0.25) is 10.0 Å². The quantitative estimate of drug-likeness (QED) is 0.679. The Morgan fingerprint density at radius 1 is 1.00 bits per heavy atom. The van der Waals surface area contributed by atoms with E-state index < -0.39 is 15.8 Å². The Kier molecular flexibility index (Phi) is 6.96. The number of piperazine rings is 1. The number of sulfonamides is 1. The zero-order valence-corrected chi connectivity index (χ0v) is 19.1. The first-order valence-corrected chi connectivity index (χ1v) is 11.8. The van der Waals surface area contributed by atoms with E-state index in [9.17, 15) is 17.6 Å². The Labute approximate surface area is 183 Å². The topological polar surface area (TPSA) is 73.8 Å². The van der Waals surface area contributed by atoms with E-state index in [1.165, 1.54) is 22.6 Å². The normalized spacial score (nSPS) is 15.2. The van der Waals surface area contributed by atoms with Gasteiger partial charge in [-0.25, -0.2) is 17.8 Å². The molecule has 3 rings (SSSR count). The predicted molar refractivity (Wildman–Crippen MR) is 118 cm³/mol. The molecule has 1 amide bonds. The van der Waals surface area contributed by atoms with Gasteiger partial charge in [-0.1, -0.05) is 12.1 Å². The molecule has 1 fully saturated rings. The van der Waals surface area contributed by atoms with Crippen LogP contribution in [-0.4, -0.2) is 66.8 Å². The number of amides is 1. The van der Waals surface area contributed by atoms with Gasteiger partial charge in [-0.3, -0.25) is 4.79 Å². The van der Waals surface area contributed by atoms with Crippen molar-refractivity contribution in [2.45, 2.75) is 44.7 Å². The van der Waals surface area contributed by atoms with Crippen molar-refractivity contribution in [1.29, 1.82) is 0 Å². The fourth-order valence-electron chi connectivity index (χ4n) is 3.93. The molecule has 0 atom stereocenters. The molecule has 168 valence electrons. The predicted octanol–water partition coefficient (Wildman–Crippen LogP) is 2.99. The average molecular weight is 449 g/mol. The van der Waals surface area contributed by atoms with E-state index in [-0.39, 0.29) is 28.4 Å². The number of pyridine rings is 1. The molecular formula is C22H29FN4O3S. The van der Waals surface area contributed by atoms with Crippen LogP contribution in [0, 0.1) is 5.82 Å². The molecule has 0 N–H and O–H groups in total. The van der Waals surface area contributed by atoms with Gasteiger partial charge >= 0.3 is 0 Å². The van der Waals surface area contributed by atoms with E-state index in [1.54, 1.807) is 29.2 Å². The first-order chi connectivity index (χ1) is 14.6. The highest BCUT2D eigenvalue weighted by molar-refractivity contribution is 7.89. The van der Waals surface area contributed by atoms with Crippen molar-refractivity contribution in [2.24, 2.45) is 0 Å². The van der Waals surface area contributed by atoms with E-state index in [0.29, 0.717) is 32.0 Å². The zero-order valence-electron chi connectivity index (χ0n) is 18.3. The molecule has 1 aliphatic rings. The molecule has 0 saturated carbocycles. The van der Waals surface area contributed by atoms with Gasteiger partial charge in [0.25, 0.3) is 5.91 Å². The molecule has 2 heterocycles. The van der Waals surface area contributed by atoms with Crippen LogP contribution in [0.4, 0.5) is 10.2 Å². The van der Waals surface area contributed by atoms with E-state index in [2.05, 4.69) is 4.98 Å². The van der Waals surface area contributed by atoms with E-state index in [1.807, 2.05) is 32.6 Å². The van der Waals surface area contributed by atoms with E-state index in [0.717, 1.165) is 0 Å². The average Bonchev–Trinajstić information content (AvgIpc) is 2.73. The fraction of sp³-hybridized carbons (Fsp3) is 0.455. The number of nitrogens with zero attached hydrogens (tertiary/aromatic N) is 4. The largest absolute Gasteiger partial charge is 0.353 e. The molecule has 31 heavy (non-hydrogen) atoms. The zero-order chi connectivity index (χ0) is 22.8. The van der Waals surface area contributed by atoms with Gasteiger partial charge in [0.15, 0.2) is 0 Å². The standard InChI is InChI=1S/C22H29FN4O3S/c1-16(2)27(17(3)4)31(29,30)18-9-10-21(24-15-18)25-11-13-26(14-12-25)22(28)19-7-5-6-8-20(19)23/h5-10,15-17H,11-14H2,1-4H3. The molecule has 0 unspecified atom stereocenters. The number of rotatable bonds is 6. The maximum absolute atomic E-state index is 13.9. The summed E-state index contributed by atoms with van der Waals surface area (Å²) in [7, 11) is -3.64. The second-order valence-electron chi connectivity index (χ2n) is 8.13. The second-order valence-corrected chi connectivity index (χ2v) is 9.98. The molecule has 0 aliphatic carbocycles. The Hall–Kier alpha value is -2.52. The highest BCUT2D eigenvalue weighted by atomic mass is 32.2. The van der Waals surface area contributed by atoms with E-state index >= 15 is 0 Å². The Morgan fingerprint density at radius 2 is 1.61 bits per heavy atom.